The van der Waals surface area contributed by atoms with E-state index in [1.807, 2.05) is 54.6 Å². The first-order chi connectivity index (χ1) is 18.5. The van der Waals surface area contributed by atoms with Crippen LogP contribution in [0.25, 0.3) is 27.6 Å². The average Bonchev–Trinajstić information content (AvgIpc) is 3.22. The summed E-state index contributed by atoms with van der Waals surface area (Å²) in [7, 11) is 0. The highest BCUT2D eigenvalue weighted by Crippen LogP contribution is 2.32. The molecule has 0 saturated heterocycles. The topological polar surface area (TPSA) is 60.7 Å². The molecule has 38 heavy (non-hydrogen) atoms. The number of esters is 1. The molecule has 0 fully saturated rings. The van der Waals surface area contributed by atoms with Crippen LogP contribution in [0.2, 0.25) is 0 Å². The molecule has 0 radical (unpaired) electrons. The van der Waals surface area contributed by atoms with Gasteiger partial charge in [-0.05, 0) is 70.8 Å². The molecule has 0 spiro atoms. The lowest BCUT2D eigenvalue weighted by Crippen LogP contribution is -2.39. The Morgan fingerprint density at radius 1 is 1.03 bits per heavy atom. The second-order valence-electron chi connectivity index (χ2n) is 9.09. The Kier molecular flexibility index (Phi) is 6.33. The van der Waals surface area contributed by atoms with Crippen LogP contribution in [0, 0.1) is 0 Å². The second-order valence-corrected chi connectivity index (χ2v) is 11.0. The molecular formula is C31H23BrN2O3S. The van der Waals surface area contributed by atoms with Gasteiger partial charge in [-0.15, -0.1) is 0 Å². The Morgan fingerprint density at radius 3 is 2.29 bits per heavy atom. The highest BCUT2D eigenvalue weighted by Gasteiger charge is 2.33. The van der Waals surface area contributed by atoms with Crippen LogP contribution in [0.3, 0.4) is 0 Å². The molecule has 5 nitrogen and oxygen atoms in total. The molecule has 1 aliphatic rings. The van der Waals surface area contributed by atoms with E-state index in [1.54, 1.807) is 18.4 Å². The normalized spacial score (nSPS) is 15.6. The number of carbonyl (C=O) groups is 1. The van der Waals surface area contributed by atoms with Crippen molar-refractivity contribution in [3.8, 4) is 0 Å². The molecule has 188 valence electrons. The van der Waals surface area contributed by atoms with Crippen molar-refractivity contribution in [3.05, 3.63) is 125 Å². The molecule has 4 aromatic carbocycles. The average molecular weight is 584 g/mol. The summed E-state index contributed by atoms with van der Waals surface area (Å²) in [4.78, 5) is 32.4. The minimum Gasteiger partial charge on any atom is -0.463 e. The summed E-state index contributed by atoms with van der Waals surface area (Å²) in [5, 5.41) is 4.37. The maximum atomic E-state index is 14.1. The molecule has 0 saturated carbocycles. The Morgan fingerprint density at radius 2 is 1.66 bits per heavy atom. The third-order valence-corrected chi connectivity index (χ3v) is 8.30. The highest BCUT2D eigenvalue weighted by molar-refractivity contribution is 9.10. The molecule has 2 heterocycles. The molecular weight excluding hydrogens is 560 g/mol. The number of nitrogens with zero attached hydrogens (tertiary/aromatic N) is 2. The largest absolute Gasteiger partial charge is 0.463 e. The van der Waals surface area contributed by atoms with Crippen LogP contribution in [0.4, 0.5) is 0 Å². The standard InChI is InChI=1S/C31H23BrN2O3S/c1-3-37-30(36)27-18(2)33-31-34(28(27)19-12-14-22(32)15-13-19)29(35)26(38-31)17-25-23-10-6-4-8-20(23)16-21-9-5-7-11-24(21)25/h4-17,28H,3H2,1-2H3/b26-17-/t28-/m1/s1. The number of carbonyl (C=O) groups excluding carboxylic acids is 1. The number of hydrogen-bond acceptors (Lipinski definition) is 5. The minimum atomic E-state index is -0.634. The van der Waals surface area contributed by atoms with E-state index in [4.69, 9.17) is 9.73 Å². The van der Waals surface area contributed by atoms with E-state index in [1.165, 1.54) is 11.3 Å². The molecule has 5 aromatic rings. The number of allylic oxidation sites excluding steroid dienone is 1. The van der Waals surface area contributed by atoms with Gasteiger partial charge in [0.2, 0.25) is 0 Å². The lowest BCUT2D eigenvalue weighted by atomic mass is 9.96. The third kappa shape index (κ3) is 4.12. The van der Waals surface area contributed by atoms with Gasteiger partial charge in [-0.3, -0.25) is 9.36 Å². The highest BCUT2D eigenvalue weighted by atomic mass is 79.9. The van der Waals surface area contributed by atoms with Gasteiger partial charge in [-0.25, -0.2) is 9.79 Å². The molecule has 1 atom stereocenters. The first kappa shape index (κ1) is 24.5. The summed E-state index contributed by atoms with van der Waals surface area (Å²) >= 11 is 4.82. The number of aromatic nitrogens is 1. The Balaban J connectivity index is 1.64. The summed E-state index contributed by atoms with van der Waals surface area (Å²) < 4.78 is 8.50. The molecule has 0 N–H and O–H groups in total. The summed E-state index contributed by atoms with van der Waals surface area (Å²) in [5.41, 5.74) is 2.55. The molecule has 1 aliphatic heterocycles. The van der Waals surface area contributed by atoms with E-state index in [0.717, 1.165) is 37.1 Å². The van der Waals surface area contributed by atoms with Crippen LogP contribution >= 0.6 is 27.3 Å². The third-order valence-electron chi connectivity index (χ3n) is 6.79. The summed E-state index contributed by atoms with van der Waals surface area (Å²) in [6.45, 7) is 3.81. The number of thiazole rings is 1. The molecule has 7 heteroatoms. The van der Waals surface area contributed by atoms with E-state index in [9.17, 15) is 9.59 Å². The van der Waals surface area contributed by atoms with Crippen molar-refractivity contribution >= 4 is 60.9 Å². The number of ether oxygens (including phenoxy) is 1. The van der Waals surface area contributed by atoms with Crippen molar-refractivity contribution < 1.29 is 9.53 Å². The van der Waals surface area contributed by atoms with Gasteiger partial charge >= 0.3 is 5.97 Å². The van der Waals surface area contributed by atoms with Crippen LogP contribution in [0.5, 0.6) is 0 Å². The zero-order valence-corrected chi connectivity index (χ0v) is 23.2. The van der Waals surface area contributed by atoms with Crippen molar-refractivity contribution in [2.24, 2.45) is 4.99 Å². The molecule has 0 unspecified atom stereocenters. The predicted octanol–water partition coefficient (Wildman–Crippen LogP) is 5.87. The van der Waals surface area contributed by atoms with Crippen LogP contribution in [-0.2, 0) is 9.53 Å². The zero-order chi connectivity index (χ0) is 26.4. The lowest BCUT2D eigenvalue weighted by Gasteiger charge is -2.24. The van der Waals surface area contributed by atoms with Crippen molar-refractivity contribution in [2.75, 3.05) is 6.61 Å². The number of rotatable bonds is 4. The molecule has 1 aromatic heterocycles. The van der Waals surface area contributed by atoms with Crippen molar-refractivity contribution in [1.29, 1.82) is 0 Å². The first-order valence-corrected chi connectivity index (χ1v) is 13.9. The quantitative estimate of drug-likeness (QED) is 0.197. The molecule has 0 aliphatic carbocycles. The van der Waals surface area contributed by atoms with Crippen LogP contribution in [0.15, 0.2) is 104 Å². The van der Waals surface area contributed by atoms with Gasteiger partial charge in [0.15, 0.2) is 4.80 Å². The van der Waals surface area contributed by atoms with E-state index in [-0.39, 0.29) is 12.2 Å². The van der Waals surface area contributed by atoms with E-state index in [0.29, 0.717) is 20.6 Å². The van der Waals surface area contributed by atoms with Crippen molar-refractivity contribution in [2.45, 2.75) is 19.9 Å². The maximum Gasteiger partial charge on any atom is 0.338 e. The monoisotopic (exact) mass is 582 g/mol. The number of halogens is 1. The number of hydrogen-bond donors (Lipinski definition) is 0. The fourth-order valence-electron chi connectivity index (χ4n) is 5.09. The lowest BCUT2D eigenvalue weighted by molar-refractivity contribution is -0.139. The fraction of sp³-hybridized carbons (Fsp3) is 0.129. The van der Waals surface area contributed by atoms with Crippen LogP contribution in [0.1, 0.15) is 31.0 Å². The molecule has 6 rings (SSSR count). The van der Waals surface area contributed by atoms with Gasteiger partial charge in [0.1, 0.15) is 0 Å². The summed E-state index contributed by atoms with van der Waals surface area (Å²) in [5.74, 6) is -0.462. The first-order valence-electron chi connectivity index (χ1n) is 12.3. The van der Waals surface area contributed by atoms with Gasteiger partial charge in [0, 0.05) is 4.47 Å². The van der Waals surface area contributed by atoms with Crippen molar-refractivity contribution in [3.63, 3.8) is 0 Å². The Hall–Kier alpha value is -3.81. The summed E-state index contributed by atoms with van der Waals surface area (Å²) in [6, 6.07) is 25.6. The predicted molar refractivity (Wildman–Crippen MR) is 156 cm³/mol. The number of fused-ring (bicyclic) bond motifs is 3. The van der Waals surface area contributed by atoms with Gasteiger partial charge < -0.3 is 4.74 Å². The summed E-state index contributed by atoms with van der Waals surface area (Å²) in [6.07, 6.45) is 1.97. The van der Waals surface area contributed by atoms with Gasteiger partial charge in [0.25, 0.3) is 5.56 Å². The molecule has 0 amide bonds. The van der Waals surface area contributed by atoms with Crippen LogP contribution in [-0.4, -0.2) is 17.1 Å². The smallest absolute Gasteiger partial charge is 0.338 e. The van der Waals surface area contributed by atoms with Gasteiger partial charge in [-0.1, -0.05) is 87.9 Å². The second kappa shape index (κ2) is 9.82. The van der Waals surface area contributed by atoms with E-state index < -0.39 is 12.0 Å². The van der Waals surface area contributed by atoms with E-state index >= 15 is 0 Å². The molecule has 0 bridgehead atoms. The number of benzene rings is 4. The maximum absolute atomic E-state index is 14.1. The Bertz CT molecular complexity index is 1900. The minimum absolute atomic E-state index is 0.187. The zero-order valence-electron chi connectivity index (χ0n) is 20.8. The van der Waals surface area contributed by atoms with E-state index in [2.05, 4.69) is 46.3 Å². The van der Waals surface area contributed by atoms with Crippen molar-refractivity contribution in [1.82, 2.24) is 4.57 Å². The van der Waals surface area contributed by atoms with Gasteiger partial charge in [-0.2, -0.15) is 0 Å². The SMILES string of the molecule is CCOC(=O)C1=C(C)N=c2s/c(=C\c3c4ccccc4cc4ccccc34)c(=O)n2[C@@H]1c1ccc(Br)cc1. The van der Waals surface area contributed by atoms with Gasteiger partial charge in [0.05, 0.1) is 28.5 Å². The van der Waals surface area contributed by atoms with Crippen LogP contribution < -0.4 is 14.9 Å². The Labute approximate surface area is 231 Å². The fourth-order valence-corrected chi connectivity index (χ4v) is 6.38.